The molecule has 1 aromatic rings. The van der Waals surface area contributed by atoms with Gasteiger partial charge in [0, 0.05) is 6.42 Å². The summed E-state index contributed by atoms with van der Waals surface area (Å²) in [4.78, 5) is 0. The van der Waals surface area contributed by atoms with Gasteiger partial charge in [-0.3, -0.25) is 0 Å². The highest BCUT2D eigenvalue weighted by atomic mass is 16.3. The molecule has 2 aliphatic carbocycles. The average molecular weight is 244 g/mol. The van der Waals surface area contributed by atoms with E-state index in [0.717, 1.165) is 25.2 Å². The van der Waals surface area contributed by atoms with E-state index in [2.05, 4.69) is 25.1 Å². The van der Waals surface area contributed by atoms with E-state index in [-0.39, 0.29) is 0 Å². The summed E-state index contributed by atoms with van der Waals surface area (Å²) in [6.45, 7) is 2.24. The quantitative estimate of drug-likeness (QED) is 0.860. The molecule has 0 radical (unpaired) electrons. The molecule has 2 unspecified atom stereocenters. The minimum Gasteiger partial charge on any atom is -0.390 e. The zero-order valence-electron chi connectivity index (χ0n) is 11.4. The van der Waals surface area contributed by atoms with Crippen LogP contribution < -0.4 is 0 Å². The van der Waals surface area contributed by atoms with Gasteiger partial charge in [0.05, 0.1) is 5.60 Å². The molecule has 0 spiro atoms. The van der Waals surface area contributed by atoms with Gasteiger partial charge in [-0.1, -0.05) is 31.5 Å². The predicted octanol–water partition coefficient (Wildman–Crippen LogP) is 3.66. The van der Waals surface area contributed by atoms with Crippen molar-refractivity contribution in [2.24, 2.45) is 5.92 Å². The summed E-state index contributed by atoms with van der Waals surface area (Å²) in [6.07, 6.45) is 9.06. The second-order valence-corrected chi connectivity index (χ2v) is 6.37. The minimum absolute atomic E-state index is 0.423. The van der Waals surface area contributed by atoms with Gasteiger partial charge in [0.25, 0.3) is 0 Å². The van der Waals surface area contributed by atoms with E-state index in [9.17, 15) is 5.11 Å². The Bertz CT molecular complexity index is 437. The standard InChI is InChI=1S/C17H24O/c1-2-13-8-9-17(18,11-13)12-14-6-7-15-4-3-5-16(15)10-14/h6-7,10,13,18H,2-5,8-9,11-12H2,1H3. The van der Waals surface area contributed by atoms with Crippen molar-refractivity contribution in [3.8, 4) is 0 Å². The van der Waals surface area contributed by atoms with Gasteiger partial charge in [-0.25, -0.2) is 0 Å². The van der Waals surface area contributed by atoms with Gasteiger partial charge in [-0.2, -0.15) is 0 Å². The Morgan fingerprint density at radius 3 is 2.89 bits per heavy atom. The maximum absolute atomic E-state index is 10.7. The van der Waals surface area contributed by atoms with Crippen molar-refractivity contribution in [3.63, 3.8) is 0 Å². The smallest absolute Gasteiger partial charge is 0.0690 e. The fourth-order valence-corrected chi connectivity index (χ4v) is 3.84. The number of aryl methyl sites for hydroxylation is 2. The molecule has 1 heteroatoms. The van der Waals surface area contributed by atoms with Gasteiger partial charge in [0.1, 0.15) is 0 Å². The number of aliphatic hydroxyl groups is 1. The second-order valence-electron chi connectivity index (χ2n) is 6.37. The fourth-order valence-electron chi connectivity index (χ4n) is 3.84. The van der Waals surface area contributed by atoms with Crippen LogP contribution in [0.25, 0.3) is 0 Å². The lowest BCUT2D eigenvalue weighted by atomic mass is 9.90. The molecule has 2 atom stereocenters. The maximum atomic E-state index is 10.7. The molecule has 98 valence electrons. The highest BCUT2D eigenvalue weighted by Gasteiger charge is 2.36. The number of hydrogen-bond donors (Lipinski definition) is 1. The molecule has 0 amide bonds. The van der Waals surface area contributed by atoms with Gasteiger partial charge in [0.15, 0.2) is 0 Å². The summed E-state index contributed by atoms with van der Waals surface area (Å²) >= 11 is 0. The first-order valence-electron chi connectivity index (χ1n) is 7.51. The van der Waals surface area contributed by atoms with Crippen LogP contribution in [0.15, 0.2) is 18.2 Å². The van der Waals surface area contributed by atoms with E-state index in [4.69, 9.17) is 0 Å². The van der Waals surface area contributed by atoms with E-state index < -0.39 is 5.60 Å². The normalized spacial score (nSPS) is 30.7. The summed E-state index contributed by atoms with van der Waals surface area (Å²) in [5, 5.41) is 10.7. The third-order valence-corrected chi connectivity index (χ3v) is 4.96. The molecule has 0 bridgehead atoms. The van der Waals surface area contributed by atoms with Crippen LogP contribution in [0.4, 0.5) is 0 Å². The Balaban J connectivity index is 1.73. The monoisotopic (exact) mass is 244 g/mol. The molecule has 2 aliphatic rings. The van der Waals surface area contributed by atoms with E-state index in [1.165, 1.54) is 48.8 Å². The summed E-state index contributed by atoms with van der Waals surface area (Å²) in [7, 11) is 0. The zero-order chi connectivity index (χ0) is 12.6. The van der Waals surface area contributed by atoms with Gasteiger partial charge in [0.2, 0.25) is 0 Å². The molecule has 0 heterocycles. The van der Waals surface area contributed by atoms with Crippen molar-refractivity contribution in [1.29, 1.82) is 0 Å². The SMILES string of the molecule is CCC1CCC(O)(Cc2ccc3c(c2)CCC3)C1. The molecule has 0 aliphatic heterocycles. The van der Waals surface area contributed by atoms with E-state index in [1.807, 2.05) is 0 Å². The molecule has 0 saturated heterocycles. The lowest BCUT2D eigenvalue weighted by molar-refractivity contribution is 0.0436. The van der Waals surface area contributed by atoms with E-state index in [0.29, 0.717) is 0 Å². The summed E-state index contributed by atoms with van der Waals surface area (Å²) < 4.78 is 0. The van der Waals surface area contributed by atoms with E-state index >= 15 is 0 Å². The van der Waals surface area contributed by atoms with Crippen LogP contribution in [0.2, 0.25) is 0 Å². The molecule has 1 fully saturated rings. The Kier molecular flexibility index (Phi) is 3.19. The van der Waals surface area contributed by atoms with Crippen molar-refractivity contribution in [2.75, 3.05) is 0 Å². The van der Waals surface area contributed by atoms with Gasteiger partial charge < -0.3 is 5.11 Å². The lowest BCUT2D eigenvalue weighted by Crippen LogP contribution is -2.27. The van der Waals surface area contributed by atoms with Crippen LogP contribution in [0.1, 0.15) is 55.7 Å². The summed E-state index contributed by atoms with van der Waals surface area (Å²) in [5.74, 6) is 0.740. The number of rotatable bonds is 3. The van der Waals surface area contributed by atoms with Crippen molar-refractivity contribution >= 4 is 0 Å². The average Bonchev–Trinajstić information content (AvgIpc) is 2.95. The predicted molar refractivity (Wildman–Crippen MR) is 74.8 cm³/mol. The lowest BCUT2D eigenvalue weighted by Gasteiger charge is -2.23. The summed E-state index contributed by atoms with van der Waals surface area (Å²) in [6, 6.07) is 6.87. The first kappa shape index (κ1) is 12.2. The highest BCUT2D eigenvalue weighted by Crippen LogP contribution is 2.38. The molecule has 0 aromatic heterocycles. The third-order valence-electron chi connectivity index (χ3n) is 4.96. The highest BCUT2D eigenvalue weighted by molar-refractivity contribution is 5.35. The molecule has 3 rings (SSSR count). The summed E-state index contributed by atoms with van der Waals surface area (Å²) in [5.41, 5.74) is 3.98. The Hall–Kier alpha value is -0.820. The van der Waals surface area contributed by atoms with Gasteiger partial charge in [-0.15, -0.1) is 0 Å². The van der Waals surface area contributed by atoms with Crippen LogP contribution >= 0.6 is 0 Å². The largest absolute Gasteiger partial charge is 0.390 e. The number of hydrogen-bond acceptors (Lipinski definition) is 1. The van der Waals surface area contributed by atoms with Crippen LogP contribution in [0, 0.1) is 5.92 Å². The number of benzene rings is 1. The van der Waals surface area contributed by atoms with Crippen molar-refractivity contribution in [3.05, 3.63) is 34.9 Å². The van der Waals surface area contributed by atoms with Crippen molar-refractivity contribution < 1.29 is 5.11 Å². The Morgan fingerprint density at radius 1 is 1.28 bits per heavy atom. The molecular weight excluding hydrogens is 220 g/mol. The van der Waals surface area contributed by atoms with Crippen molar-refractivity contribution in [1.82, 2.24) is 0 Å². The fraction of sp³-hybridized carbons (Fsp3) is 0.647. The van der Waals surface area contributed by atoms with Gasteiger partial charge in [-0.05, 0) is 61.1 Å². The Labute approximate surface area is 110 Å². The van der Waals surface area contributed by atoms with Gasteiger partial charge >= 0.3 is 0 Å². The molecule has 1 nitrogen and oxygen atoms in total. The molecular formula is C17H24O. The third kappa shape index (κ3) is 2.33. The zero-order valence-corrected chi connectivity index (χ0v) is 11.4. The van der Waals surface area contributed by atoms with E-state index in [1.54, 1.807) is 0 Å². The first-order valence-corrected chi connectivity index (χ1v) is 7.51. The topological polar surface area (TPSA) is 20.2 Å². The molecule has 1 saturated carbocycles. The molecule has 1 aromatic carbocycles. The molecule has 18 heavy (non-hydrogen) atoms. The second kappa shape index (κ2) is 4.70. The van der Waals surface area contributed by atoms with Crippen LogP contribution in [-0.4, -0.2) is 10.7 Å². The number of fused-ring (bicyclic) bond motifs is 1. The van der Waals surface area contributed by atoms with Crippen LogP contribution in [0.3, 0.4) is 0 Å². The minimum atomic E-state index is -0.423. The van der Waals surface area contributed by atoms with Crippen LogP contribution in [-0.2, 0) is 19.3 Å². The first-order chi connectivity index (χ1) is 8.68. The van der Waals surface area contributed by atoms with Crippen LogP contribution in [0.5, 0.6) is 0 Å². The molecule has 1 N–H and O–H groups in total. The maximum Gasteiger partial charge on any atom is 0.0690 e. The van der Waals surface area contributed by atoms with Crippen molar-refractivity contribution in [2.45, 2.75) is 63.9 Å². The Morgan fingerprint density at radius 2 is 2.11 bits per heavy atom.